The molecule has 0 rings (SSSR count). The lowest BCUT2D eigenvalue weighted by Crippen LogP contribution is -2.05. The van der Waals surface area contributed by atoms with Crippen molar-refractivity contribution < 1.29 is 9.90 Å². The lowest BCUT2D eigenvalue weighted by molar-refractivity contribution is -0.107. The van der Waals surface area contributed by atoms with Crippen molar-refractivity contribution >= 4 is 6.29 Å². The molecule has 0 saturated heterocycles. The summed E-state index contributed by atoms with van der Waals surface area (Å²) in [6.07, 6.45) is 25.0. The number of unbranched alkanes of at least 4 members (excludes halogenated alkanes) is 8. The maximum absolute atomic E-state index is 10.2. The van der Waals surface area contributed by atoms with Gasteiger partial charge in [0.1, 0.15) is 6.29 Å². The van der Waals surface area contributed by atoms with Gasteiger partial charge in [-0.1, -0.05) is 50.5 Å². The van der Waals surface area contributed by atoms with Crippen LogP contribution in [-0.4, -0.2) is 17.5 Å². The maximum atomic E-state index is 10.2. The van der Waals surface area contributed by atoms with Crippen LogP contribution in [0.4, 0.5) is 0 Å². The topological polar surface area (TPSA) is 37.3 Å². The zero-order valence-electron chi connectivity index (χ0n) is 15.2. The van der Waals surface area contributed by atoms with Gasteiger partial charge in [-0.25, -0.2) is 0 Å². The molecule has 23 heavy (non-hydrogen) atoms. The molecule has 0 aromatic carbocycles. The third-order valence-corrected chi connectivity index (χ3v) is 4.07. The second-order valence-corrected chi connectivity index (χ2v) is 6.41. The highest BCUT2D eigenvalue weighted by molar-refractivity contribution is 5.48. The number of aliphatic hydroxyl groups is 1. The number of allylic oxidation sites excluding steroid dienone is 4. The molecule has 0 fully saturated rings. The van der Waals surface area contributed by atoms with Gasteiger partial charge in [0, 0.05) is 6.42 Å². The number of carbonyl (C=O) groups is 1. The highest BCUT2D eigenvalue weighted by Gasteiger charge is 2.02. The fourth-order valence-corrected chi connectivity index (χ4v) is 2.56. The van der Waals surface area contributed by atoms with Crippen LogP contribution in [0.3, 0.4) is 0 Å². The highest BCUT2D eigenvalue weighted by Crippen LogP contribution is 2.11. The summed E-state index contributed by atoms with van der Waals surface area (Å²) < 4.78 is 0. The Morgan fingerprint density at radius 1 is 0.696 bits per heavy atom. The number of hydrogen-bond donors (Lipinski definition) is 1. The fraction of sp³-hybridized carbons (Fsp3) is 0.762. The molecule has 1 N–H and O–H groups in total. The molecular formula is C21H38O2. The Morgan fingerprint density at radius 3 is 1.83 bits per heavy atom. The standard InChI is InChI=1S/C21H38O2/c1-2-3-4-5-6-7-9-12-15-18-21(23)19-16-13-10-8-11-14-17-20-22/h6-8,10,20-21,23H,2-5,9,11-19H2,1H3/b7-6-,10-8-. The monoisotopic (exact) mass is 322 g/mol. The van der Waals surface area contributed by atoms with Crippen LogP contribution in [0.5, 0.6) is 0 Å². The number of hydrogen-bond acceptors (Lipinski definition) is 2. The molecule has 0 aliphatic rings. The Balaban J connectivity index is 3.30. The molecule has 0 spiro atoms. The van der Waals surface area contributed by atoms with Crippen LogP contribution in [0.25, 0.3) is 0 Å². The molecule has 1 atom stereocenters. The largest absolute Gasteiger partial charge is 0.393 e. The van der Waals surface area contributed by atoms with Crippen LogP contribution in [0.15, 0.2) is 24.3 Å². The van der Waals surface area contributed by atoms with Gasteiger partial charge in [-0.3, -0.25) is 0 Å². The zero-order chi connectivity index (χ0) is 17.0. The van der Waals surface area contributed by atoms with E-state index < -0.39 is 0 Å². The van der Waals surface area contributed by atoms with Gasteiger partial charge in [-0.15, -0.1) is 0 Å². The molecule has 0 saturated carbocycles. The Labute approximate surface area is 144 Å². The molecule has 2 nitrogen and oxygen atoms in total. The lowest BCUT2D eigenvalue weighted by Gasteiger charge is -2.08. The van der Waals surface area contributed by atoms with Gasteiger partial charge >= 0.3 is 0 Å². The van der Waals surface area contributed by atoms with E-state index in [0.717, 1.165) is 57.7 Å². The molecular weight excluding hydrogens is 284 g/mol. The summed E-state index contributed by atoms with van der Waals surface area (Å²) in [4.78, 5) is 10.2. The summed E-state index contributed by atoms with van der Waals surface area (Å²) in [5, 5.41) is 9.94. The number of aldehydes is 1. The van der Waals surface area contributed by atoms with E-state index in [-0.39, 0.29) is 6.10 Å². The molecule has 0 aromatic rings. The predicted octanol–water partition coefficient (Wildman–Crippen LogP) is 6.14. The van der Waals surface area contributed by atoms with Gasteiger partial charge in [0.25, 0.3) is 0 Å². The minimum Gasteiger partial charge on any atom is -0.393 e. The predicted molar refractivity (Wildman–Crippen MR) is 101 cm³/mol. The van der Waals surface area contributed by atoms with Crippen molar-refractivity contribution in [3.63, 3.8) is 0 Å². The zero-order valence-corrected chi connectivity index (χ0v) is 15.2. The average molecular weight is 323 g/mol. The van der Waals surface area contributed by atoms with E-state index in [9.17, 15) is 9.90 Å². The van der Waals surface area contributed by atoms with Crippen molar-refractivity contribution in [2.24, 2.45) is 0 Å². The first kappa shape index (κ1) is 22.1. The van der Waals surface area contributed by atoms with Gasteiger partial charge in [-0.05, 0) is 64.2 Å². The van der Waals surface area contributed by atoms with Gasteiger partial charge in [0.05, 0.1) is 6.10 Å². The Morgan fingerprint density at radius 2 is 1.22 bits per heavy atom. The van der Waals surface area contributed by atoms with E-state index in [2.05, 4.69) is 31.2 Å². The second kappa shape index (κ2) is 19.2. The van der Waals surface area contributed by atoms with Crippen molar-refractivity contribution in [3.05, 3.63) is 24.3 Å². The first-order valence-corrected chi connectivity index (χ1v) is 9.73. The van der Waals surface area contributed by atoms with Crippen molar-refractivity contribution in [1.29, 1.82) is 0 Å². The first-order chi connectivity index (χ1) is 11.3. The normalized spacial score (nSPS) is 13.1. The van der Waals surface area contributed by atoms with Crippen molar-refractivity contribution in [2.75, 3.05) is 0 Å². The van der Waals surface area contributed by atoms with Crippen LogP contribution in [0, 0.1) is 0 Å². The smallest absolute Gasteiger partial charge is 0.120 e. The Hall–Kier alpha value is -0.890. The molecule has 0 bridgehead atoms. The number of carbonyl (C=O) groups excluding carboxylic acids is 1. The summed E-state index contributed by atoms with van der Waals surface area (Å²) in [6.45, 7) is 2.24. The summed E-state index contributed by atoms with van der Waals surface area (Å²) >= 11 is 0. The van der Waals surface area contributed by atoms with Gasteiger partial charge in [-0.2, -0.15) is 0 Å². The van der Waals surface area contributed by atoms with E-state index in [1.54, 1.807) is 0 Å². The van der Waals surface area contributed by atoms with Crippen LogP contribution in [0.1, 0.15) is 96.8 Å². The quantitative estimate of drug-likeness (QED) is 0.198. The van der Waals surface area contributed by atoms with Crippen LogP contribution in [-0.2, 0) is 4.79 Å². The number of aliphatic hydroxyl groups excluding tert-OH is 1. The average Bonchev–Trinajstić information content (AvgIpc) is 2.56. The minimum atomic E-state index is -0.132. The molecule has 0 aliphatic carbocycles. The molecule has 134 valence electrons. The summed E-state index contributed by atoms with van der Waals surface area (Å²) in [7, 11) is 0. The van der Waals surface area contributed by atoms with E-state index >= 15 is 0 Å². The molecule has 0 heterocycles. The van der Waals surface area contributed by atoms with E-state index in [0.29, 0.717) is 6.42 Å². The van der Waals surface area contributed by atoms with Crippen LogP contribution in [0.2, 0.25) is 0 Å². The van der Waals surface area contributed by atoms with Gasteiger partial charge in [0.15, 0.2) is 0 Å². The Kier molecular flexibility index (Phi) is 18.4. The van der Waals surface area contributed by atoms with Crippen molar-refractivity contribution in [3.8, 4) is 0 Å². The number of rotatable bonds is 17. The maximum Gasteiger partial charge on any atom is 0.120 e. The van der Waals surface area contributed by atoms with Gasteiger partial charge < -0.3 is 9.90 Å². The van der Waals surface area contributed by atoms with Crippen molar-refractivity contribution in [1.82, 2.24) is 0 Å². The third-order valence-electron chi connectivity index (χ3n) is 4.07. The molecule has 2 heteroatoms. The third kappa shape index (κ3) is 19.1. The van der Waals surface area contributed by atoms with Crippen molar-refractivity contribution in [2.45, 2.75) is 103 Å². The molecule has 0 radical (unpaired) electrons. The van der Waals surface area contributed by atoms with E-state index in [1.807, 2.05) is 0 Å². The molecule has 0 aliphatic heterocycles. The summed E-state index contributed by atoms with van der Waals surface area (Å²) in [5.74, 6) is 0. The van der Waals surface area contributed by atoms with E-state index in [4.69, 9.17) is 0 Å². The Bertz CT molecular complexity index is 294. The van der Waals surface area contributed by atoms with Crippen LogP contribution >= 0.6 is 0 Å². The summed E-state index contributed by atoms with van der Waals surface area (Å²) in [5.41, 5.74) is 0. The van der Waals surface area contributed by atoms with Crippen LogP contribution < -0.4 is 0 Å². The second-order valence-electron chi connectivity index (χ2n) is 6.41. The lowest BCUT2D eigenvalue weighted by atomic mass is 10.0. The molecule has 0 amide bonds. The fourth-order valence-electron chi connectivity index (χ4n) is 2.56. The molecule has 1 unspecified atom stereocenters. The minimum absolute atomic E-state index is 0.132. The highest BCUT2D eigenvalue weighted by atomic mass is 16.3. The van der Waals surface area contributed by atoms with Gasteiger partial charge in [0.2, 0.25) is 0 Å². The summed E-state index contributed by atoms with van der Waals surface area (Å²) in [6, 6.07) is 0. The first-order valence-electron chi connectivity index (χ1n) is 9.73. The SMILES string of the molecule is CCCCC/C=C\CCCCC(O)CCC/C=C\CCCC=O. The molecule has 0 aromatic heterocycles. The van der Waals surface area contributed by atoms with E-state index in [1.165, 1.54) is 32.1 Å².